The Kier molecular flexibility index (Phi) is 4.06. The van der Waals surface area contributed by atoms with Crippen molar-refractivity contribution in [1.82, 2.24) is 14.8 Å². The van der Waals surface area contributed by atoms with E-state index in [9.17, 15) is 8.78 Å². The Balaban J connectivity index is 1.74. The highest BCUT2D eigenvalue weighted by molar-refractivity contribution is 5.33. The van der Waals surface area contributed by atoms with Gasteiger partial charge in [0.1, 0.15) is 29.6 Å². The van der Waals surface area contributed by atoms with Gasteiger partial charge < -0.3 is 4.74 Å². The van der Waals surface area contributed by atoms with Crippen LogP contribution in [-0.2, 0) is 6.61 Å². The highest BCUT2D eigenvalue weighted by atomic mass is 19.1. The van der Waals surface area contributed by atoms with Gasteiger partial charge in [-0.2, -0.15) is 5.10 Å². The van der Waals surface area contributed by atoms with E-state index in [2.05, 4.69) is 10.1 Å². The number of nitrogens with zero attached hydrogens (tertiary/aromatic N) is 3. The smallest absolute Gasteiger partial charge is 0.151 e. The largest absolute Gasteiger partial charge is 0.487 e. The minimum atomic E-state index is -0.666. The normalized spacial score (nSPS) is 10.8. The lowest BCUT2D eigenvalue weighted by Gasteiger charge is -2.06. The van der Waals surface area contributed by atoms with Crippen molar-refractivity contribution in [1.29, 1.82) is 0 Å². The van der Waals surface area contributed by atoms with Crippen molar-refractivity contribution in [3.8, 4) is 11.4 Å². The molecule has 0 aliphatic heterocycles. The quantitative estimate of drug-likeness (QED) is 0.736. The Morgan fingerprint density at radius 3 is 2.48 bits per heavy atom. The van der Waals surface area contributed by atoms with E-state index in [0.29, 0.717) is 11.4 Å². The van der Waals surface area contributed by atoms with Gasteiger partial charge in [0.2, 0.25) is 0 Å². The van der Waals surface area contributed by atoms with E-state index in [0.717, 1.165) is 17.5 Å². The van der Waals surface area contributed by atoms with Gasteiger partial charge in [0, 0.05) is 35.8 Å². The van der Waals surface area contributed by atoms with Gasteiger partial charge in [-0.15, -0.1) is 0 Å². The van der Waals surface area contributed by atoms with Gasteiger partial charge in [-0.3, -0.25) is 4.98 Å². The van der Waals surface area contributed by atoms with Crippen LogP contribution in [0, 0.1) is 25.5 Å². The number of hydrogen-bond donors (Lipinski definition) is 0. The molecule has 4 nitrogen and oxygen atoms in total. The van der Waals surface area contributed by atoms with Crippen molar-refractivity contribution in [3.05, 3.63) is 71.3 Å². The number of benzene rings is 1. The molecule has 0 aliphatic carbocycles. The second-order valence-electron chi connectivity index (χ2n) is 5.22. The van der Waals surface area contributed by atoms with E-state index in [-0.39, 0.29) is 12.3 Å². The lowest BCUT2D eigenvalue weighted by atomic mass is 10.3. The zero-order chi connectivity index (χ0) is 16.4. The van der Waals surface area contributed by atoms with Gasteiger partial charge in [0.15, 0.2) is 5.82 Å². The van der Waals surface area contributed by atoms with Gasteiger partial charge in [0.25, 0.3) is 0 Å². The van der Waals surface area contributed by atoms with Gasteiger partial charge in [0.05, 0.1) is 0 Å². The molecular weight excluding hydrogens is 300 g/mol. The van der Waals surface area contributed by atoms with Crippen LogP contribution in [0.4, 0.5) is 8.78 Å². The van der Waals surface area contributed by atoms with E-state index in [1.807, 2.05) is 26.0 Å². The van der Waals surface area contributed by atoms with Crippen molar-refractivity contribution < 1.29 is 13.5 Å². The zero-order valence-corrected chi connectivity index (χ0v) is 12.8. The molecule has 0 saturated carbocycles. The minimum Gasteiger partial charge on any atom is -0.487 e. The van der Waals surface area contributed by atoms with Crippen molar-refractivity contribution >= 4 is 0 Å². The lowest BCUT2D eigenvalue weighted by Crippen LogP contribution is -2.02. The third-order valence-corrected chi connectivity index (χ3v) is 3.24. The maximum absolute atomic E-state index is 13.7. The predicted molar refractivity (Wildman–Crippen MR) is 81.5 cm³/mol. The van der Waals surface area contributed by atoms with Gasteiger partial charge in [-0.25, -0.2) is 13.5 Å². The van der Waals surface area contributed by atoms with Crippen molar-refractivity contribution in [3.63, 3.8) is 0 Å². The van der Waals surface area contributed by atoms with Crippen LogP contribution in [0.2, 0.25) is 0 Å². The number of aromatic nitrogens is 3. The van der Waals surface area contributed by atoms with Crippen molar-refractivity contribution in [2.24, 2.45) is 0 Å². The summed E-state index contributed by atoms with van der Waals surface area (Å²) in [5.74, 6) is -0.580. The Labute approximate surface area is 132 Å². The first-order valence-corrected chi connectivity index (χ1v) is 7.09. The monoisotopic (exact) mass is 315 g/mol. The fraction of sp³-hybridized carbons (Fsp3) is 0.176. The molecule has 118 valence electrons. The fourth-order valence-corrected chi connectivity index (χ4v) is 2.28. The second-order valence-corrected chi connectivity index (χ2v) is 5.22. The first kappa shape index (κ1) is 15.1. The van der Waals surface area contributed by atoms with Crippen LogP contribution in [-0.4, -0.2) is 14.8 Å². The van der Waals surface area contributed by atoms with Crippen LogP contribution in [0.1, 0.15) is 17.1 Å². The Hall–Kier alpha value is -2.76. The van der Waals surface area contributed by atoms with E-state index in [4.69, 9.17) is 4.74 Å². The third kappa shape index (κ3) is 3.53. The molecule has 0 aliphatic rings. The Morgan fingerprint density at radius 2 is 1.78 bits per heavy atom. The summed E-state index contributed by atoms with van der Waals surface area (Å²) in [5.41, 5.74) is 2.58. The first-order chi connectivity index (χ1) is 11.0. The van der Waals surface area contributed by atoms with Gasteiger partial charge in [-0.1, -0.05) is 0 Å². The van der Waals surface area contributed by atoms with Crippen LogP contribution in [0.15, 0.2) is 42.6 Å². The summed E-state index contributed by atoms with van der Waals surface area (Å²) in [5, 5.41) is 4.24. The average molecular weight is 315 g/mol. The SMILES string of the molecule is Cc1cc(OCc2ccn(-c3ccc(F)cc3F)n2)cc(C)n1. The van der Waals surface area contributed by atoms with Crippen LogP contribution >= 0.6 is 0 Å². The first-order valence-electron chi connectivity index (χ1n) is 7.09. The molecule has 3 rings (SSSR count). The maximum Gasteiger partial charge on any atom is 0.151 e. The topological polar surface area (TPSA) is 39.9 Å². The maximum atomic E-state index is 13.7. The zero-order valence-electron chi connectivity index (χ0n) is 12.8. The van der Waals surface area contributed by atoms with E-state index in [1.165, 1.54) is 16.8 Å². The molecule has 0 atom stereocenters. The van der Waals surface area contributed by atoms with Crippen LogP contribution in [0.25, 0.3) is 5.69 Å². The summed E-state index contributed by atoms with van der Waals surface area (Å²) in [7, 11) is 0. The summed E-state index contributed by atoms with van der Waals surface area (Å²) in [6.45, 7) is 4.04. The molecule has 0 unspecified atom stereocenters. The van der Waals surface area contributed by atoms with E-state index in [1.54, 1.807) is 12.3 Å². The van der Waals surface area contributed by atoms with Crippen molar-refractivity contribution in [2.45, 2.75) is 20.5 Å². The van der Waals surface area contributed by atoms with Gasteiger partial charge in [-0.05, 0) is 32.0 Å². The number of halogens is 2. The number of pyridine rings is 1. The molecule has 0 saturated heterocycles. The molecule has 2 heterocycles. The molecule has 1 aromatic carbocycles. The third-order valence-electron chi connectivity index (χ3n) is 3.24. The average Bonchev–Trinajstić information content (AvgIpc) is 2.93. The van der Waals surface area contributed by atoms with Gasteiger partial charge >= 0.3 is 0 Å². The summed E-state index contributed by atoms with van der Waals surface area (Å²) in [6.07, 6.45) is 1.61. The molecule has 0 amide bonds. The molecule has 0 bridgehead atoms. The van der Waals surface area contributed by atoms with E-state index >= 15 is 0 Å². The lowest BCUT2D eigenvalue weighted by molar-refractivity contribution is 0.299. The fourth-order valence-electron chi connectivity index (χ4n) is 2.28. The number of aryl methyl sites for hydroxylation is 2. The molecule has 3 aromatic rings. The van der Waals surface area contributed by atoms with E-state index < -0.39 is 11.6 Å². The van der Waals surface area contributed by atoms with Crippen LogP contribution in [0.5, 0.6) is 5.75 Å². The molecule has 0 spiro atoms. The molecule has 0 N–H and O–H groups in total. The molecule has 2 aromatic heterocycles. The molecule has 23 heavy (non-hydrogen) atoms. The summed E-state index contributed by atoms with van der Waals surface area (Å²) >= 11 is 0. The Bertz CT molecular complexity index is 825. The number of hydrogen-bond acceptors (Lipinski definition) is 3. The molecular formula is C17H15F2N3O. The molecule has 0 fully saturated rings. The summed E-state index contributed by atoms with van der Waals surface area (Å²) in [6, 6.07) is 8.77. The van der Waals surface area contributed by atoms with Crippen LogP contribution in [0.3, 0.4) is 0 Å². The Morgan fingerprint density at radius 1 is 1.04 bits per heavy atom. The predicted octanol–water partition coefficient (Wildman–Crippen LogP) is 3.74. The summed E-state index contributed by atoms with van der Waals surface area (Å²) < 4.78 is 33.7. The number of rotatable bonds is 4. The molecule has 0 radical (unpaired) electrons. The number of ether oxygens (including phenoxy) is 1. The summed E-state index contributed by atoms with van der Waals surface area (Å²) in [4.78, 5) is 4.28. The second kappa shape index (κ2) is 6.16. The minimum absolute atomic E-state index is 0.188. The van der Waals surface area contributed by atoms with Crippen LogP contribution < -0.4 is 4.74 Å². The standard InChI is InChI=1S/C17H15F2N3O/c1-11-7-15(8-12(2)20-11)23-10-14-5-6-22(21-14)17-4-3-13(18)9-16(17)19/h3-9H,10H2,1-2H3. The van der Waals surface area contributed by atoms with Crippen molar-refractivity contribution in [2.75, 3.05) is 0 Å². The highest BCUT2D eigenvalue weighted by Crippen LogP contribution is 2.17. The molecule has 6 heteroatoms. The highest BCUT2D eigenvalue weighted by Gasteiger charge is 2.08.